The lowest BCUT2D eigenvalue weighted by Crippen LogP contribution is -1.99. The number of aromatic nitrogens is 2. The monoisotopic (exact) mass is 310 g/mol. The Bertz CT molecular complexity index is 613. The van der Waals surface area contributed by atoms with Gasteiger partial charge in [-0.1, -0.05) is 0 Å². The minimum Gasteiger partial charge on any atom is -0.491 e. The highest BCUT2D eigenvalue weighted by Crippen LogP contribution is 2.36. The number of pyridine rings is 1. The van der Waals surface area contributed by atoms with Crippen molar-refractivity contribution >= 4 is 29.1 Å². The molecule has 0 unspecified atom stereocenters. The Labute approximate surface area is 125 Å². The largest absolute Gasteiger partial charge is 0.491 e. The number of aliphatic carboxylic acids is 1. The quantitative estimate of drug-likeness (QED) is 0.884. The van der Waals surface area contributed by atoms with Crippen LogP contribution in [0.5, 0.6) is 5.75 Å². The van der Waals surface area contributed by atoms with Gasteiger partial charge in [0.25, 0.3) is 0 Å². The van der Waals surface area contributed by atoms with Gasteiger partial charge in [0, 0.05) is 11.1 Å². The molecule has 0 atom stereocenters. The molecule has 2 aromatic rings. The van der Waals surface area contributed by atoms with E-state index in [0.717, 1.165) is 19.9 Å². The van der Waals surface area contributed by atoms with E-state index in [1.54, 1.807) is 6.20 Å². The molecule has 106 valence electrons. The van der Waals surface area contributed by atoms with Crippen molar-refractivity contribution in [1.29, 1.82) is 0 Å². The summed E-state index contributed by atoms with van der Waals surface area (Å²) < 4.78 is 6.29. The topological polar surface area (TPSA) is 72.3 Å². The molecule has 20 heavy (non-hydrogen) atoms. The Balaban J connectivity index is 2.20. The van der Waals surface area contributed by atoms with Crippen molar-refractivity contribution in [3.63, 3.8) is 0 Å². The normalized spacial score (nSPS) is 10.5. The van der Waals surface area contributed by atoms with Crippen LogP contribution >= 0.6 is 23.1 Å². The van der Waals surface area contributed by atoms with Crippen LogP contribution in [0.2, 0.25) is 0 Å². The number of thiazole rings is 1. The number of carbonyl (C=O) groups is 1. The highest BCUT2D eigenvalue weighted by Gasteiger charge is 2.14. The van der Waals surface area contributed by atoms with E-state index in [4.69, 9.17) is 9.84 Å². The first kappa shape index (κ1) is 14.8. The number of ether oxygens (including phenoxy) is 1. The third-order valence-electron chi connectivity index (χ3n) is 2.40. The first-order chi connectivity index (χ1) is 9.60. The van der Waals surface area contributed by atoms with Crippen LogP contribution in [0.4, 0.5) is 0 Å². The summed E-state index contributed by atoms with van der Waals surface area (Å²) in [5, 5.41) is 9.58. The van der Waals surface area contributed by atoms with Gasteiger partial charge in [-0.15, -0.1) is 11.3 Å². The van der Waals surface area contributed by atoms with Gasteiger partial charge < -0.3 is 9.84 Å². The number of carboxylic acid groups (broad SMARTS) is 1. The van der Waals surface area contributed by atoms with Gasteiger partial charge in [-0.25, -0.2) is 9.97 Å². The van der Waals surface area contributed by atoms with Crippen molar-refractivity contribution in [2.45, 2.75) is 29.6 Å². The van der Waals surface area contributed by atoms with Gasteiger partial charge in [-0.05, 0) is 37.7 Å². The molecular weight excluding hydrogens is 296 g/mol. The fourth-order valence-electron chi connectivity index (χ4n) is 1.55. The summed E-state index contributed by atoms with van der Waals surface area (Å²) in [5.41, 5.74) is 0.758. The van der Waals surface area contributed by atoms with Crippen molar-refractivity contribution < 1.29 is 14.6 Å². The third kappa shape index (κ3) is 3.71. The SMILES string of the molecule is CCOc1cccnc1Sc1nc(C)c(CC(=O)O)s1. The lowest BCUT2D eigenvalue weighted by molar-refractivity contribution is -0.136. The molecule has 0 aliphatic carbocycles. The van der Waals surface area contributed by atoms with Crippen molar-refractivity contribution in [2.24, 2.45) is 0 Å². The number of hydrogen-bond acceptors (Lipinski definition) is 6. The number of nitrogens with zero attached hydrogens (tertiary/aromatic N) is 2. The van der Waals surface area contributed by atoms with Crippen LogP contribution in [0.1, 0.15) is 17.5 Å². The first-order valence-electron chi connectivity index (χ1n) is 6.04. The molecule has 0 fully saturated rings. The highest BCUT2D eigenvalue weighted by molar-refractivity contribution is 8.01. The summed E-state index contributed by atoms with van der Waals surface area (Å²) in [6.45, 7) is 4.31. The average molecular weight is 310 g/mol. The maximum Gasteiger partial charge on any atom is 0.308 e. The Morgan fingerprint density at radius 2 is 2.35 bits per heavy atom. The van der Waals surface area contributed by atoms with Gasteiger partial charge in [0.1, 0.15) is 5.03 Å². The van der Waals surface area contributed by atoms with Crippen LogP contribution < -0.4 is 4.74 Å². The molecular formula is C13H14N2O3S2. The third-order valence-corrected chi connectivity index (χ3v) is 4.62. The summed E-state index contributed by atoms with van der Waals surface area (Å²) in [5.74, 6) is -0.131. The number of carboxylic acids is 1. The minimum absolute atomic E-state index is 0.00456. The van der Waals surface area contributed by atoms with Crippen LogP contribution in [0.15, 0.2) is 27.7 Å². The molecule has 0 amide bonds. The van der Waals surface area contributed by atoms with Crippen LogP contribution in [0.25, 0.3) is 0 Å². The van der Waals surface area contributed by atoms with Crippen LogP contribution in [0.3, 0.4) is 0 Å². The lowest BCUT2D eigenvalue weighted by Gasteiger charge is -2.06. The Morgan fingerprint density at radius 1 is 1.55 bits per heavy atom. The molecule has 0 radical (unpaired) electrons. The van der Waals surface area contributed by atoms with Gasteiger partial charge in [-0.2, -0.15) is 0 Å². The highest BCUT2D eigenvalue weighted by atomic mass is 32.2. The standard InChI is InChI=1S/C13H14N2O3S2/c1-3-18-9-5-4-6-14-12(9)20-13-15-8(2)10(19-13)7-11(16)17/h4-6H,3,7H2,1-2H3,(H,16,17). The van der Waals surface area contributed by atoms with Gasteiger partial charge in [-0.3, -0.25) is 4.79 Å². The predicted octanol–water partition coefficient (Wildman–Crippen LogP) is 3.02. The fourth-order valence-corrected chi connectivity index (χ4v) is 3.72. The molecule has 1 N–H and O–H groups in total. The van der Waals surface area contributed by atoms with Gasteiger partial charge in [0.15, 0.2) is 10.1 Å². The molecule has 0 aromatic carbocycles. The van der Waals surface area contributed by atoms with Gasteiger partial charge in [0.05, 0.1) is 18.7 Å². The van der Waals surface area contributed by atoms with E-state index in [9.17, 15) is 4.79 Å². The van der Waals surface area contributed by atoms with E-state index in [1.165, 1.54) is 23.1 Å². The van der Waals surface area contributed by atoms with E-state index in [0.29, 0.717) is 12.4 Å². The Kier molecular flexibility index (Phi) is 4.97. The smallest absolute Gasteiger partial charge is 0.308 e. The molecule has 0 bridgehead atoms. The lowest BCUT2D eigenvalue weighted by atomic mass is 10.3. The molecule has 0 spiro atoms. The second-order valence-electron chi connectivity index (χ2n) is 3.90. The molecule has 0 aliphatic heterocycles. The van der Waals surface area contributed by atoms with E-state index in [2.05, 4.69) is 9.97 Å². The summed E-state index contributed by atoms with van der Waals surface area (Å²) in [7, 11) is 0. The molecule has 7 heteroatoms. The predicted molar refractivity (Wildman–Crippen MR) is 77.7 cm³/mol. The van der Waals surface area contributed by atoms with E-state index in [-0.39, 0.29) is 6.42 Å². The second kappa shape index (κ2) is 6.71. The zero-order valence-electron chi connectivity index (χ0n) is 11.1. The zero-order valence-corrected chi connectivity index (χ0v) is 12.8. The Morgan fingerprint density at radius 3 is 3.05 bits per heavy atom. The summed E-state index contributed by atoms with van der Waals surface area (Å²) >= 11 is 2.78. The fraction of sp³-hybridized carbons (Fsp3) is 0.308. The van der Waals surface area contributed by atoms with E-state index >= 15 is 0 Å². The molecule has 0 aliphatic rings. The maximum absolute atomic E-state index is 10.8. The minimum atomic E-state index is -0.846. The zero-order chi connectivity index (χ0) is 14.5. The Hall–Kier alpha value is -1.60. The number of rotatable bonds is 6. The molecule has 2 heterocycles. The van der Waals surface area contributed by atoms with Crippen LogP contribution in [0, 0.1) is 6.92 Å². The summed E-state index contributed by atoms with van der Waals surface area (Å²) in [4.78, 5) is 20.2. The van der Waals surface area contributed by atoms with E-state index < -0.39 is 5.97 Å². The van der Waals surface area contributed by atoms with E-state index in [1.807, 2.05) is 26.0 Å². The van der Waals surface area contributed by atoms with Crippen molar-refractivity contribution in [3.05, 3.63) is 28.9 Å². The molecule has 2 aromatic heterocycles. The first-order valence-corrected chi connectivity index (χ1v) is 7.67. The molecule has 0 saturated heterocycles. The van der Waals surface area contributed by atoms with Crippen LogP contribution in [-0.2, 0) is 11.2 Å². The van der Waals surface area contributed by atoms with Crippen molar-refractivity contribution in [1.82, 2.24) is 9.97 Å². The summed E-state index contributed by atoms with van der Waals surface area (Å²) in [6.07, 6.45) is 1.70. The second-order valence-corrected chi connectivity index (χ2v) is 6.22. The summed E-state index contributed by atoms with van der Waals surface area (Å²) in [6, 6.07) is 3.68. The molecule has 5 nitrogen and oxygen atoms in total. The van der Waals surface area contributed by atoms with Crippen LogP contribution in [-0.4, -0.2) is 27.7 Å². The maximum atomic E-state index is 10.8. The van der Waals surface area contributed by atoms with Gasteiger partial charge >= 0.3 is 5.97 Å². The van der Waals surface area contributed by atoms with Crippen molar-refractivity contribution in [3.8, 4) is 5.75 Å². The number of aryl methyl sites for hydroxylation is 1. The average Bonchev–Trinajstić information content (AvgIpc) is 2.72. The van der Waals surface area contributed by atoms with Crippen molar-refractivity contribution in [2.75, 3.05) is 6.61 Å². The molecule has 0 saturated carbocycles. The van der Waals surface area contributed by atoms with Gasteiger partial charge in [0.2, 0.25) is 0 Å². The molecule has 2 rings (SSSR count). The number of hydrogen-bond donors (Lipinski definition) is 1.